The molecule has 0 unspecified atom stereocenters. The molecule has 0 spiro atoms. The van der Waals surface area contributed by atoms with Crippen molar-refractivity contribution in [3.8, 4) is 0 Å². The van der Waals surface area contributed by atoms with Gasteiger partial charge >= 0.3 is 0 Å². The second kappa shape index (κ2) is 10.1. The van der Waals surface area contributed by atoms with E-state index >= 15 is 0 Å². The van der Waals surface area contributed by atoms with E-state index < -0.39 is 4.92 Å². The molecule has 1 amide bonds. The summed E-state index contributed by atoms with van der Waals surface area (Å²) >= 11 is 0. The minimum absolute atomic E-state index is 0.0713. The van der Waals surface area contributed by atoms with Crippen molar-refractivity contribution in [1.82, 2.24) is 14.9 Å². The van der Waals surface area contributed by atoms with Crippen LogP contribution in [0.15, 0.2) is 60.9 Å². The molecule has 2 aromatic carbocycles. The molecule has 0 saturated carbocycles. The maximum Gasteiger partial charge on any atom is 0.293 e. The number of carbonyl (C=O) groups is 1. The number of hydrogen-bond donors (Lipinski definition) is 1. The van der Waals surface area contributed by atoms with Crippen LogP contribution in [0.2, 0.25) is 0 Å². The first-order valence-electron chi connectivity index (χ1n) is 10.5. The fourth-order valence-corrected chi connectivity index (χ4v) is 3.76. The van der Waals surface area contributed by atoms with Gasteiger partial charge in [-0.2, -0.15) is 0 Å². The van der Waals surface area contributed by atoms with Crippen LogP contribution in [-0.4, -0.2) is 53.2 Å². The van der Waals surface area contributed by atoms with E-state index in [2.05, 4.69) is 22.4 Å². The second-order valence-electron chi connectivity index (χ2n) is 7.52. The lowest BCUT2D eigenvalue weighted by Crippen LogP contribution is -2.36. The second-order valence-corrected chi connectivity index (χ2v) is 7.52. The number of rotatable bonds is 8. The third kappa shape index (κ3) is 5.12. The number of nitro groups is 1. The Balaban J connectivity index is 1.38. The van der Waals surface area contributed by atoms with Crippen molar-refractivity contribution in [3.63, 3.8) is 0 Å². The van der Waals surface area contributed by atoms with E-state index in [0.717, 1.165) is 5.82 Å². The summed E-state index contributed by atoms with van der Waals surface area (Å²) in [6.07, 6.45) is 4.21. The molecule has 3 aromatic rings. The van der Waals surface area contributed by atoms with Gasteiger partial charge in [0.15, 0.2) is 0 Å². The predicted molar refractivity (Wildman–Crippen MR) is 120 cm³/mol. The highest BCUT2D eigenvalue weighted by Gasteiger charge is 2.23. The standard InChI is InChI=1S/C23H25N5O4/c29-23(19-6-7-20(21(16-19)28(30)31)26-12-14-32-15-13-26)25-9-8-22-24-10-11-27(22)17-18-4-2-1-3-5-18/h1-7,10-11,16H,8-9,12-15,17H2,(H,25,29). The minimum Gasteiger partial charge on any atom is -0.378 e. The van der Waals surface area contributed by atoms with Gasteiger partial charge in [0.1, 0.15) is 11.5 Å². The average Bonchev–Trinajstić information content (AvgIpc) is 3.26. The average molecular weight is 435 g/mol. The molecule has 9 nitrogen and oxygen atoms in total. The fourth-order valence-electron chi connectivity index (χ4n) is 3.76. The molecule has 0 atom stereocenters. The van der Waals surface area contributed by atoms with Crippen molar-refractivity contribution in [2.45, 2.75) is 13.0 Å². The quantitative estimate of drug-likeness (QED) is 0.431. The van der Waals surface area contributed by atoms with E-state index in [4.69, 9.17) is 4.74 Å². The molecule has 4 rings (SSSR count). The normalized spacial score (nSPS) is 13.7. The van der Waals surface area contributed by atoms with Crippen LogP contribution in [0.4, 0.5) is 11.4 Å². The first-order valence-corrected chi connectivity index (χ1v) is 10.5. The van der Waals surface area contributed by atoms with Crippen LogP contribution in [0.25, 0.3) is 0 Å². The number of carbonyl (C=O) groups excluding carboxylic acids is 1. The Hall–Kier alpha value is -3.72. The number of nitrogens with zero attached hydrogens (tertiary/aromatic N) is 4. The van der Waals surface area contributed by atoms with Crippen LogP contribution in [-0.2, 0) is 17.7 Å². The van der Waals surface area contributed by atoms with Gasteiger partial charge in [-0.05, 0) is 17.7 Å². The Morgan fingerprint density at radius 1 is 1.16 bits per heavy atom. The maximum atomic E-state index is 12.6. The number of aromatic nitrogens is 2. The molecule has 1 saturated heterocycles. The lowest BCUT2D eigenvalue weighted by Gasteiger charge is -2.28. The van der Waals surface area contributed by atoms with Gasteiger partial charge < -0.3 is 19.5 Å². The number of nitro benzene ring substituents is 1. The highest BCUT2D eigenvalue weighted by Crippen LogP contribution is 2.29. The highest BCUT2D eigenvalue weighted by molar-refractivity contribution is 5.95. The minimum atomic E-state index is -0.442. The van der Waals surface area contributed by atoms with E-state index in [1.54, 1.807) is 18.3 Å². The summed E-state index contributed by atoms with van der Waals surface area (Å²) in [6, 6.07) is 14.7. The van der Waals surface area contributed by atoms with Crippen molar-refractivity contribution < 1.29 is 14.5 Å². The zero-order valence-corrected chi connectivity index (χ0v) is 17.6. The number of imidazole rings is 1. The van der Waals surface area contributed by atoms with Gasteiger partial charge in [-0.1, -0.05) is 30.3 Å². The monoisotopic (exact) mass is 435 g/mol. The Kier molecular flexibility index (Phi) is 6.76. The number of hydrogen-bond acceptors (Lipinski definition) is 6. The summed E-state index contributed by atoms with van der Waals surface area (Å²) in [7, 11) is 0. The molecule has 0 radical (unpaired) electrons. The van der Waals surface area contributed by atoms with Crippen LogP contribution >= 0.6 is 0 Å². The molecule has 2 heterocycles. The summed E-state index contributed by atoms with van der Waals surface area (Å²) in [5.41, 5.74) is 1.88. The summed E-state index contributed by atoms with van der Waals surface area (Å²) in [4.78, 5) is 30.1. The smallest absolute Gasteiger partial charge is 0.293 e. The van der Waals surface area contributed by atoms with Crippen molar-refractivity contribution in [2.24, 2.45) is 0 Å². The number of anilines is 1. The van der Waals surface area contributed by atoms with Crippen LogP contribution in [0.5, 0.6) is 0 Å². The van der Waals surface area contributed by atoms with E-state index in [9.17, 15) is 14.9 Å². The van der Waals surface area contributed by atoms with Crippen LogP contribution in [0, 0.1) is 10.1 Å². The Bertz CT molecular complexity index is 1080. The molecule has 1 aromatic heterocycles. The van der Waals surface area contributed by atoms with E-state index in [1.165, 1.54) is 11.6 Å². The molecule has 1 fully saturated rings. The molecule has 0 bridgehead atoms. The molecule has 1 aliphatic rings. The van der Waals surface area contributed by atoms with Crippen LogP contribution in [0.3, 0.4) is 0 Å². The lowest BCUT2D eigenvalue weighted by atomic mass is 10.1. The van der Waals surface area contributed by atoms with Crippen LogP contribution < -0.4 is 10.2 Å². The molecule has 0 aliphatic carbocycles. The SMILES string of the molecule is O=C(NCCc1nccn1Cc1ccccc1)c1ccc(N2CCOCC2)c([N+](=O)[O-])c1. The molecule has 1 N–H and O–H groups in total. The molecule has 32 heavy (non-hydrogen) atoms. The fraction of sp³-hybridized carbons (Fsp3) is 0.304. The van der Waals surface area contributed by atoms with Gasteiger partial charge in [0.25, 0.3) is 11.6 Å². The molecular formula is C23H25N5O4. The van der Waals surface area contributed by atoms with E-state index in [-0.39, 0.29) is 17.2 Å². The van der Waals surface area contributed by atoms with Crippen LogP contribution in [0.1, 0.15) is 21.7 Å². The Morgan fingerprint density at radius 3 is 2.69 bits per heavy atom. The maximum absolute atomic E-state index is 12.6. The zero-order chi connectivity index (χ0) is 22.3. The summed E-state index contributed by atoms with van der Waals surface area (Å²) in [5, 5.41) is 14.4. The van der Waals surface area contributed by atoms with Gasteiger partial charge in [-0.15, -0.1) is 0 Å². The van der Waals surface area contributed by atoms with Gasteiger partial charge in [-0.3, -0.25) is 14.9 Å². The topological polar surface area (TPSA) is 103 Å². The molecular weight excluding hydrogens is 410 g/mol. The first-order chi connectivity index (χ1) is 15.6. The number of morpholine rings is 1. The largest absolute Gasteiger partial charge is 0.378 e. The third-order valence-corrected chi connectivity index (χ3v) is 5.42. The molecule has 9 heteroatoms. The number of amides is 1. The Labute approximate surface area is 185 Å². The molecule has 1 aliphatic heterocycles. The molecule has 166 valence electrons. The predicted octanol–water partition coefficient (Wildman–Crippen LogP) is 2.65. The van der Waals surface area contributed by atoms with Gasteiger partial charge in [-0.25, -0.2) is 4.98 Å². The lowest BCUT2D eigenvalue weighted by molar-refractivity contribution is -0.384. The van der Waals surface area contributed by atoms with Crippen molar-refractivity contribution in [3.05, 3.63) is 88.0 Å². The first kappa shape index (κ1) is 21.5. The third-order valence-electron chi connectivity index (χ3n) is 5.42. The van der Waals surface area contributed by atoms with Crippen molar-refractivity contribution in [2.75, 3.05) is 37.7 Å². The van der Waals surface area contributed by atoms with E-state index in [1.807, 2.05) is 33.9 Å². The van der Waals surface area contributed by atoms with Gasteiger partial charge in [0.2, 0.25) is 0 Å². The number of nitrogens with one attached hydrogen (secondary N) is 1. The number of benzene rings is 2. The number of ether oxygens (including phenoxy) is 1. The van der Waals surface area contributed by atoms with Gasteiger partial charge in [0.05, 0.1) is 18.1 Å². The summed E-state index contributed by atoms with van der Waals surface area (Å²) in [6.45, 7) is 3.31. The Morgan fingerprint density at radius 2 is 1.94 bits per heavy atom. The van der Waals surface area contributed by atoms with Gasteiger partial charge in [0, 0.05) is 56.6 Å². The summed E-state index contributed by atoms with van der Waals surface area (Å²) < 4.78 is 7.36. The van der Waals surface area contributed by atoms with Crippen molar-refractivity contribution in [1.29, 1.82) is 0 Å². The van der Waals surface area contributed by atoms with E-state index in [0.29, 0.717) is 51.5 Å². The van der Waals surface area contributed by atoms with Crippen molar-refractivity contribution >= 4 is 17.3 Å². The highest BCUT2D eigenvalue weighted by atomic mass is 16.6. The zero-order valence-electron chi connectivity index (χ0n) is 17.6. The summed E-state index contributed by atoms with van der Waals surface area (Å²) in [5.74, 6) is 0.519.